The highest BCUT2D eigenvalue weighted by Gasteiger charge is 2.40. The van der Waals surface area contributed by atoms with E-state index < -0.39 is 18.1 Å². The first kappa shape index (κ1) is 23.4. The van der Waals surface area contributed by atoms with Gasteiger partial charge in [-0.15, -0.1) is 0 Å². The molecule has 2 unspecified atom stereocenters. The third-order valence-electron chi connectivity index (χ3n) is 7.90. The van der Waals surface area contributed by atoms with Crippen LogP contribution in [0.3, 0.4) is 0 Å². The highest BCUT2D eigenvalue weighted by atomic mass is 16.5. The Morgan fingerprint density at radius 1 is 0.914 bits per heavy atom. The second kappa shape index (κ2) is 10.1. The normalized spacial score (nSPS) is 23.4. The second-order valence-corrected chi connectivity index (χ2v) is 9.89. The van der Waals surface area contributed by atoms with E-state index in [4.69, 9.17) is 4.74 Å². The number of alkyl carbamates (subject to hydrolysis) is 1. The Morgan fingerprint density at radius 3 is 2.29 bits per heavy atom. The van der Waals surface area contributed by atoms with Crippen molar-refractivity contribution in [1.29, 1.82) is 0 Å². The van der Waals surface area contributed by atoms with Crippen LogP contribution in [0.2, 0.25) is 0 Å². The summed E-state index contributed by atoms with van der Waals surface area (Å²) in [5.74, 6) is -1.25. The number of hydrogen-bond acceptors (Lipinski definition) is 4. The molecule has 1 heterocycles. The summed E-state index contributed by atoms with van der Waals surface area (Å²) in [6, 6.07) is 15.7. The number of amides is 2. The molecule has 7 heteroatoms. The van der Waals surface area contributed by atoms with Gasteiger partial charge in [0.1, 0.15) is 12.6 Å². The molecule has 2 amide bonds. The highest BCUT2D eigenvalue weighted by molar-refractivity contribution is 5.86. The molecule has 0 bridgehead atoms. The summed E-state index contributed by atoms with van der Waals surface area (Å²) in [6.07, 6.45) is 4.18. The third-order valence-corrected chi connectivity index (χ3v) is 7.90. The van der Waals surface area contributed by atoms with Gasteiger partial charge in [0.15, 0.2) is 0 Å². The van der Waals surface area contributed by atoms with Gasteiger partial charge in [-0.25, -0.2) is 9.59 Å². The zero-order chi connectivity index (χ0) is 24.4. The van der Waals surface area contributed by atoms with Crippen molar-refractivity contribution in [2.45, 2.75) is 50.5 Å². The fourth-order valence-corrected chi connectivity index (χ4v) is 6.14. The molecular formula is C28H32N2O5. The lowest BCUT2D eigenvalue weighted by Gasteiger charge is -2.36. The van der Waals surface area contributed by atoms with Crippen molar-refractivity contribution >= 4 is 18.0 Å². The van der Waals surface area contributed by atoms with Gasteiger partial charge < -0.3 is 20.1 Å². The van der Waals surface area contributed by atoms with Crippen molar-refractivity contribution in [3.8, 4) is 11.1 Å². The van der Waals surface area contributed by atoms with Crippen LogP contribution in [-0.4, -0.2) is 53.7 Å². The maximum atomic E-state index is 13.2. The number of hydrogen-bond donors (Lipinski definition) is 2. The lowest BCUT2D eigenvalue weighted by atomic mass is 9.92. The molecule has 2 aromatic rings. The van der Waals surface area contributed by atoms with Gasteiger partial charge >= 0.3 is 12.1 Å². The zero-order valence-corrected chi connectivity index (χ0v) is 19.8. The minimum Gasteiger partial charge on any atom is -0.480 e. The van der Waals surface area contributed by atoms with E-state index in [1.807, 2.05) is 24.3 Å². The summed E-state index contributed by atoms with van der Waals surface area (Å²) in [5, 5.41) is 12.4. The Hall–Kier alpha value is -3.35. The summed E-state index contributed by atoms with van der Waals surface area (Å²) in [7, 11) is 0. The number of piperidine rings is 1. The van der Waals surface area contributed by atoms with Crippen LogP contribution >= 0.6 is 0 Å². The predicted molar refractivity (Wildman–Crippen MR) is 131 cm³/mol. The topological polar surface area (TPSA) is 95.9 Å². The molecule has 35 heavy (non-hydrogen) atoms. The fraction of sp³-hybridized carbons (Fsp3) is 0.464. The summed E-state index contributed by atoms with van der Waals surface area (Å²) < 4.78 is 5.64. The van der Waals surface area contributed by atoms with Crippen LogP contribution < -0.4 is 5.32 Å². The molecule has 1 aliphatic heterocycles. The third kappa shape index (κ3) is 4.64. The summed E-state index contributed by atoms with van der Waals surface area (Å²) in [5.41, 5.74) is 4.69. The summed E-state index contributed by atoms with van der Waals surface area (Å²) >= 11 is 0. The minimum atomic E-state index is -0.927. The quantitative estimate of drug-likeness (QED) is 0.644. The van der Waals surface area contributed by atoms with Crippen molar-refractivity contribution in [1.82, 2.24) is 10.2 Å². The largest absolute Gasteiger partial charge is 0.480 e. The first-order valence-corrected chi connectivity index (χ1v) is 12.7. The number of benzene rings is 2. The van der Waals surface area contributed by atoms with E-state index in [1.165, 1.54) is 11.1 Å². The van der Waals surface area contributed by atoms with Crippen molar-refractivity contribution in [2.75, 3.05) is 19.7 Å². The lowest BCUT2D eigenvalue weighted by Crippen LogP contribution is -2.51. The minimum absolute atomic E-state index is 0.000598. The number of carbonyl (C=O) groups is 3. The number of nitrogens with zero attached hydrogens (tertiary/aromatic N) is 1. The average Bonchev–Trinajstić information content (AvgIpc) is 3.48. The highest BCUT2D eigenvalue weighted by Crippen LogP contribution is 2.44. The zero-order valence-electron chi connectivity index (χ0n) is 19.8. The monoisotopic (exact) mass is 476 g/mol. The standard InChI is InChI=1S/C28H32N2O5/c31-26(30-15-6-5-14-25(30)27(32)33)19-13-7-8-18(19)16-29-28(34)35-17-24-22-11-3-1-9-20(22)21-10-2-4-12-23(21)24/h1-4,9-12,18-19,24-25H,5-8,13-17H2,(H,29,34)(H,32,33)/t18?,19?,25-/m0/s1. The lowest BCUT2D eigenvalue weighted by molar-refractivity contribution is -0.154. The Labute approximate surface area is 205 Å². The van der Waals surface area contributed by atoms with Gasteiger partial charge in [0.2, 0.25) is 5.91 Å². The molecule has 0 spiro atoms. The Kier molecular flexibility index (Phi) is 6.75. The molecule has 3 atom stereocenters. The second-order valence-electron chi connectivity index (χ2n) is 9.89. The molecule has 184 valence electrons. The smallest absolute Gasteiger partial charge is 0.407 e. The number of nitrogens with one attached hydrogen (secondary N) is 1. The maximum absolute atomic E-state index is 13.2. The molecule has 2 aromatic carbocycles. The van der Waals surface area contributed by atoms with E-state index in [9.17, 15) is 19.5 Å². The van der Waals surface area contributed by atoms with Crippen molar-refractivity contribution in [2.24, 2.45) is 11.8 Å². The van der Waals surface area contributed by atoms with E-state index in [2.05, 4.69) is 29.6 Å². The molecule has 2 fully saturated rings. The number of aliphatic carboxylic acids is 1. The van der Waals surface area contributed by atoms with Gasteiger partial charge in [-0.1, -0.05) is 55.0 Å². The van der Waals surface area contributed by atoms with Gasteiger partial charge in [0.05, 0.1) is 0 Å². The molecule has 1 saturated heterocycles. The molecule has 7 nitrogen and oxygen atoms in total. The van der Waals surface area contributed by atoms with Gasteiger partial charge in [0, 0.05) is 24.9 Å². The number of carboxylic acids is 1. The SMILES string of the molecule is O=C(NCC1CCCC1C(=O)N1CCCC[C@H]1C(=O)O)OCC1c2ccccc2-c2ccccc21. The summed E-state index contributed by atoms with van der Waals surface area (Å²) in [6.45, 7) is 1.11. The Balaban J connectivity index is 1.17. The molecular weight excluding hydrogens is 444 g/mol. The van der Waals surface area contributed by atoms with Crippen LogP contribution in [-0.2, 0) is 14.3 Å². The van der Waals surface area contributed by atoms with E-state index in [-0.39, 0.29) is 30.3 Å². The Bertz CT molecular complexity index is 1070. The van der Waals surface area contributed by atoms with E-state index >= 15 is 0 Å². The number of ether oxygens (including phenoxy) is 1. The maximum Gasteiger partial charge on any atom is 0.407 e. The van der Waals surface area contributed by atoms with Crippen LogP contribution in [0.5, 0.6) is 0 Å². The number of fused-ring (bicyclic) bond motifs is 3. The Morgan fingerprint density at radius 2 is 1.60 bits per heavy atom. The van der Waals surface area contributed by atoms with Crippen molar-refractivity contribution < 1.29 is 24.2 Å². The van der Waals surface area contributed by atoms with Crippen molar-refractivity contribution in [3.05, 3.63) is 59.7 Å². The predicted octanol–water partition coefficient (Wildman–Crippen LogP) is 4.41. The average molecular weight is 477 g/mol. The molecule has 5 rings (SSSR count). The first-order valence-electron chi connectivity index (χ1n) is 12.7. The summed E-state index contributed by atoms with van der Waals surface area (Å²) in [4.78, 5) is 39.0. The molecule has 2 N–H and O–H groups in total. The molecule has 3 aliphatic rings. The fourth-order valence-electron chi connectivity index (χ4n) is 6.14. The first-order chi connectivity index (χ1) is 17.0. The van der Waals surface area contributed by atoms with Crippen LogP contribution in [0.4, 0.5) is 4.79 Å². The van der Waals surface area contributed by atoms with E-state index in [0.29, 0.717) is 19.5 Å². The molecule has 0 radical (unpaired) electrons. The van der Waals surface area contributed by atoms with E-state index in [1.54, 1.807) is 4.90 Å². The van der Waals surface area contributed by atoms with Crippen LogP contribution in [0.25, 0.3) is 11.1 Å². The van der Waals surface area contributed by atoms with E-state index in [0.717, 1.165) is 43.2 Å². The molecule has 1 saturated carbocycles. The number of carboxylic acid groups (broad SMARTS) is 1. The molecule has 0 aromatic heterocycles. The van der Waals surface area contributed by atoms with Gasteiger partial charge in [-0.3, -0.25) is 4.79 Å². The number of carbonyl (C=O) groups excluding carboxylic acids is 2. The van der Waals surface area contributed by atoms with Gasteiger partial charge in [0.25, 0.3) is 0 Å². The van der Waals surface area contributed by atoms with Gasteiger partial charge in [-0.05, 0) is 60.3 Å². The number of likely N-dealkylation sites (tertiary alicyclic amines) is 1. The molecule has 2 aliphatic carbocycles. The van der Waals surface area contributed by atoms with Gasteiger partial charge in [-0.2, -0.15) is 0 Å². The number of rotatable bonds is 6. The van der Waals surface area contributed by atoms with Crippen LogP contribution in [0.1, 0.15) is 55.6 Å². The van der Waals surface area contributed by atoms with Crippen LogP contribution in [0, 0.1) is 11.8 Å². The van der Waals surface area contributed by atoms with Crippen molar-refractivity contribution in [3.63, 3.8) is 0 Å². The van der Waals surface area contributed by atoms with Crippen LogP contribution in [0.15, 0.2) is 48.5 Å².